The molecule has 6 heteroatoms. The van der Waals surface area contributed by atoms with Gasteiger partial charge in [0.25, 0.3) is 5.91 Å². The Balaban J connectivity index is 1.85. The molecule has 0 unspecified atom stereocenters. The van der Waals surface area contributed by atoms with Gasteiger partial charge in [0.1, 0.15) is 18.0 Å². The highest BCUT2D eigenvalue weighted by Crippen LogP contribution is 2.24. The van der Waals surface area contributed by atoms with E-state index < -0.39 is 23.1 Å². The van der Waals surface area contributed by atoms with Crippen LogP contribution in [0.2, 0.25) is 0 Å². The Bertz CT molecular complexity index is 897. The maximum absolute atomic E-state index is 14.1. The van der Waals surface area contributed by atoms with Gasteiger partial charge in [0.15, 0.2) is 11.6 Å². The van der Waals surface area contributed by atoms with E-state index in [1.807, 2.05) is 30.3 Å². The Morgan fingerprint density at radius 2 is 2.00 bits per heavy atom. The van der Waals surface area contributed by atoms with E-state index >= 15 is 0 Å². The third kappa shape index (κ3) is 2.96. The molecule has 0 atom stereocenters. The first kappa shape index (κ1) is 14.9. The summed E-state index contributed by atoms with van der Waals surface area (Å²) in [5.74, 6) is -3.53. The molecule has 116 valence electrons. The predicted molar refractivity (Wildman–Crippen MR) is 81.0 cm³/mol. The summed E-state index contributed by atoms with van der Waals surface area (Å²) in [6.07, 6.45) is 1.67. The maximum atomic E-state index is 14.1. The van der Waals surface area contributed by atoms with Crippen LogP contribution >= 0.6 is 0 Å². The second-order valence-corrected chi connectivity index (χ2v) is 4.92. The molecule has 0 aliphatic carbocycles. The van der Waals surface area contributed by atoms with Gasteiger partial charge in [-0.25, -0.2) is 8.78 Å². The molecule has 0 radical (unpaired) electrons. The molecule has 0 bridgehead atoms. The molecule has 0 saturated heterocycles. The summed E-state index contributed by atoms with van der Waals surface area (Å²) in [4.78, 5) is 15.3. The summed E-state index contributed by atoms with van der Waals surface area (Å²) in [7, 11) is 0. The molecule has 0 aliphatic rings. The molecule has 4 nitrogen and oxygen atoms in total. The number of hydrogen-bond donors (Lipinski definition) is 1. The summed E-state index contributed by atoms with van der Waals surface area (Å²) in [5, 5.41) is 0.972. The number of halogens is 2. The van der Waals surface area contributed by atoms with Crippen LogP contribution < -0.4 is 10.5 Å². The normalized spacial score (nSPS) is 10.7. The van der Waals surface area contributed by atoms with Gasteiger partial charge in [-0.2, -0.15) is 0 Å². The van der Waals surface area contributed by atoms with Crippen LogP contribution in [0.3, 0.4) is 0 Å². The van der Waals surface area contributed by atoms with Crippen LogP contribution in [0.5, 0.6) is 5.75 Å². The first-order chi connectivity index (χ1) is 11.1. The van der Waals surface area contributed by atoms with Gasteiger partial charge in [-0.1, -0.05) is 18.2 Å². The Morgan fingerprint density at radius 3 is 2.78 bits per heavy atom. The number of amides is 1. The maximum Gasteiger partial charge on any atom is 0.254 e. The van der Waals surface area contributed by atoms with Gasteiger partial charge in [-0.3, -0.25) is 9.78 Å². The van der Waals surface area contributed by atoms with E-state index in [9.17, 15) is 13.6 Å². The van der Waals surface area contributed by atoms with Gasteiger partial charge >= 0.3 is 0 Å². The van der Waals surface area contributed by atoms with Crippen molar-refractivity contribution in [3.8, 4) is 5.75 Å². The quantitative estimate of drug-likeness (QED) is 0.804. The fourth-order valence-electron chi connectivity index (χ4n) is 2.23. The third-order valence-corrected chi connectivity index (χ3v) is 3.37. The molecule has 3 rings (SSSR count). The Labute approximate surface area is 130 Å². The van der Waals surface area contributed by atoms with Crippen LogP contribution in [-0.2, 0) is 6.61 Å². The van der Waals surface area contributed by atoms with E-state index in [1.165, 1.54) is 0 Å². The average molecular weight is 314 g/mol. The molecule has 0 saturated carbocycles. The smallest absolute Gasteiger partial charge is 0.254 e. The van der Waals surface area contributed by atoms with Crippen molar-refractivity contribution in [3.63, 3.8) is 0 Å². The van der Waals surface area contributed by atoms with E-state index in [0.29, 0.717) is 0 Å². The number of pyridine rings is 1. The lowest BCUT2D eigenvalue weighted by Gasteiger charge is -2.10. The van der Waals surface area contributed by atoms with E-state index in [1.54, 1.807) is 6.20 Å². The standard InChI is InChI=1S/C17H12F2N2O2/c18-12-5-6-14(16(19)15(12)17(20)22)23-9-10-3-4-11-2-1-7-21-13(11)8-10/h1-8H,9H2,(H2,20,22). The highest BCUT2D eigenvalue weighted by atomic mass is 19.1. The molecular formula is C17H12F2N2O2. The molecular weight excluding hydrogens is 302 g/mol. The van der Waals surface area contributed by atoms with Crippen molar-refractivity contribution in [3.05, 3.63) is 71.4 Å². The van der Waals surface area contributed by atoms with Crippen LogP contribution in [0.25, 0.3) is 10.9 Å². The topological polar surface area (TPSA) is 65.2 Å². The van der Waals surface area contributed by atoms with E-state index in [2.05, 4.69) is 4.98 Å². The van der Waals surface area contributed by atoms with Gasteiger partial charge in [0.2, 0.25) is 0 Å². The summed E-state index contributed by atoms with van der Waals surface area (Å²) in [5.41, 5.74) is 5.72. The number of primary amides is 1. The third-order valence-electron chi connectivity index (χ3n) is 3.37. The van der Waals surface area contributed by atoms with Crippen molar-refractivity contribution in [2.24, 2.45) is 5.73 Å². The van der Waals surface area contributed by atoms with Gasteiger partial charge in [0.05, 0.1) is 5.52 Å². The molecule has 0 spiro atoms. The lowest BCUT2D eigenvalue weighted by Crippen LogP contribution is -2.16. The van der Waals surface area contributed by atoms with Crippen molar-refractivity contribution in [2.45, 2.75) is 6.61 Å². The van der Waals surface area contributed by atoms with Crippen LogP contribution in [-0.4, -0.2) is 10.9 Å². The molecule has 23 heavy (non-hydrogen) atoms. The van der Waals surface area contributed by atoms with Crippen molar-refractivity contribution < 1.29 is 18.3 Å². The Morgan fingerprint density at radius 1 is 1.17 bits per heavy atom. The van der Waals surface area contributed by atoms with Crippen molar-refractivity contribution in [1.82, 2.24) is 4.98 Å². The minimum Gasteiger partial charge on any atom is -0.486 e. The number of nitrogens with zero attached hydrogens (tertiary/aromatic N) is 1. The predicted octanol–water partition coefficient (Wildman–Crippen LogP) is 3.19. The Kier molecular flexibility index (Phi) is 3.89. The van der Waals surface area contributed by atoms with Gasteiger partial charge in [-0.15, -0.1) is 0 Å². The molecule has 1 aromatic heterocycles. The zero-order chi connectivity index (χ0) is 16.4. The summed E-state index contributed by atoms with van der Waals surface area (Å²) in [6.45, 7) is 0.0489. The second-order valence-electron chi connectivity index (χ2n) is 4.92. The monoisotopic (exact) mass is 314 g/mol. The van der Waals surface area contributed by atoms with Crippen LogP contribution in [0.1, 0.15) is 15.9 Å². The number of rotatable bonds is 4. The molecule has 2 N–H and O–H groups in total. The molecule has 1 amide bonds. The second kappa shape index (κ2) is 6.00. The first-order valence-electron chi connectivity index (χ1n) is 6.80. The Hall–Kier alpha value is -3.02. The zero-order valence-electron chi connectivity index (χ0n) is 11.9. The molecule has 0 aliphatic heterocycles. The van der Waals surface area contributed by atoms with Gasteiger partial charge < -0.3 is 10.5 Å². The highest BCUT2D eigenvalue weighted by molar-refractivity contribution is 5.93. The number of carbonyl (C=O) groups excluding carboxylic acids is 1. The summed E-state index contributed by atoms with van der Waals surface area (Å²) in [6, 6.07) is 11.3. The number of carbonyl (C=O) groups is 1. The van der Waals surface area contributed by atoms with Gasteiger partial charge in [0, 0.05) is 11.6 Å². The summed E-state index contributed by atoms with van der Waals surface area (Å²) >= 11 is 0. The number of hydrogen-bond acceptors (Lipinski definition) is 3. The zero-order valence-corrected chi connectivity index (χ0v) is 11.9. The van der Waals surface area contributed by atoms with E-state index in [0.717, 1.165) is 28.6 Å². The average Bonchev–Trinajstić information content (AvgIpc) is 2.53. The van der Waals surface area contributed by atoms with Crippen molar-refractivity contribution >= 4 is 16.8 Å². The van der Waals surface area contributed by atoms with Gasteiger partial charge in [-0.05, 0) is 29.8 Å². The molecule has 0 fully saturated rings. The number of fused-ring (bicyclic) bond motifs is 1. The van der Waals surface area contributed by atoms with E-state index in [4.69, 9.17) is 10.5 Å². The lowest BCUT2D eigenvalue weighted by molar-refractivity contribution is 0.0991. The number of aromatic nitrogens is 1. The first-order valence-corrected chi connectivity index (χ1v) is 6.80. The largest absolute Gasteiger partial charge is 0.486 e. The molecule has 2 aromatic carbocycles. The molecule has 1 heterocycles. The SMILES string of the molecule is NC(=O)c1c(F)ccc(OCc2ccc3cccnc3c2)c1F. The minimum absolute atomic E-state index is 0.0489. The van der Waals surface area contributed by atoms with Crippen molar-refractivity contribution in [1.29, 1.82) is 0 Å². The number of nitrogens with two attached hydrogens (primary N) is 1. The van der Waals surface area contributed by atoms with Crippen LogP contribution in [0, 0.1) is 11.6 Å². The van der Waals surface area contributed by atoms with E-state index in [-0.39, 0.29) is 12.4 Å². The fraction of sp³-hybridized carbons (Fsp3) is 0.0588. The lowest BCUT2D eigenvalue weighted by atomic mass is 10.1. The van der Waals surface area contributed by atoms with Crippen LogP contribution in [0.4, 0.5) is 8.78 Å². The number of benzene rings is 2. The van der Waals surface area contributed by atoms with Crippen LogP contribution in [0.15, 0.2) is 48.7 Å². The summed E-state index contributed by atoms with van der Waals surface area (Å²) < 4.78 is 32.8. The van der Waals surface area contributed by atoms with Crippen molar-refractivity contribution in [2.75, 3.05) is 0 Å². The number of ether oxygens (including phenoxy) is 1. The minimum atomic E-state index is -1.18. The highest BCUT2D eigenvalue weighted by Gasteiger charge is 2.19. The fourth-order valence-corrected chi connectivity index (χ4v) is 2.23. The molecule has 3 aromatic rings.